The van der Waals surface area contributed by atoms with Gasteiger partial charge in [-0.05, 0) is 107 Å². The van der Waals surface area contributed by atoms with Crippen LogP contribution in [0, 0.1) is 0 Å². The number of para-hydroxylation sites is 2. The maximum atomic E-state index is 5.26. The van der Waals surface area contributed by atoms with E-state index in [2.05, 4.69) is 212 Å². The van der Waals surface area contributed by atoms with Gasteiger partial charge in [0.2, 0.25) is 0 Å². The highest BCUT2D eigenvalue weighted by atomic mass is 32.1. The molecule has 9 aromatic carbocycles. The third kappa shape index (κ3) is 5.05. The van der Waals surface area contributed by atoms with Gasteiger partial charge in [-0.3, -0.25) is 4.40 Å². The molecule has 0 fully saturated rings. The number of hydrogen-bond donors (Lipinski definition) is 0. The van der Waals surface area contributed by atoms with Crippen LogP contribution in [0.1, 0.15) is 25.0 Å². The van der Waals surface area contributed by atoms with Crippen molar-refractivity contribution in [3.05, 3.63) is 205 Å². The molecule has 3 heterocycles. The van der Waals surface area contributed by atoms with E-state index in [-0.39, 0.29) is 5.41 Å². The molecule has 13 rings (SSSR count). The molecule has 0 bridgehead atoms. The summed E-state index contributed by atoms with van der Waals surface area (Å²) in [6.45, 7) is 4.68. The predicted molar refractivity (Wildman–Crippen MR) is 260 cm³/mol. The van der Waals surface area contributed by atoms with E-state index in [0.717, 1.165) is 27.9 Å². The molecule has 0 aliphatic heterocycles. The minimum absolute atomic E-state index is 0.0112. The second-order valence-corrected chi connectivity index (χ2v) is 18.1. The van der Waals surface area contributed by atoms with Gasteiger partial charge < -0.3 is 0 Å². The summed E-state index contributed by atoms with van der Waals surface area (Å²) in [5.74, 6) is 0. The topological polar surface area (TPSA) is 17.3 Å². The summed E-state index contributed by atoms with van der Waals surface area (Å²) in [5.41, 5.74) is 18.4. The number of benzene rings is 9. The zero-order chi connectivity index (χ0) is 40.4. The van der Waals surface area contributed by atoms with Gasteiger partial charge in [0.1, 0.15) is 0 Å². The number of thiophene rings is 1. The zero-order valence-electron chi connectivity index (χ0n) is 33.8. The number of pyridine rings is 1. The third-order valence-electron chi connectivity index (χ3n) is 13.4. The molecular weight excluding hydrogens is 757 g/mol. The highest BCUT2D eigenvalue weighted by Crippen LogP contribution is 2.50. The summed E-state index contributed by atoms with van der Waals surface area (Å²) in [7, 11) is 0. The Kier molecular flexibility index (Phi) is 7.26. The summed E-state index contributed by atoms with van der Waals surface area (Å²) < 4.78 is 4.90. The standard InChI is InChI=1S/C58H38N2S/c1-58(2)50-16-8-7-15-46(50)48-33-40(28-32-51(48)58)35-19-21-37(22-20-35)41-30-31-42(45-14-6-5-13-44(41)45)38-23-25-39(26-24-38)54-34-49-47-29-27-36-11-3-4-12-43(36)55(47)61-56(49)57-59-52-17-9-10-18-53(52)60(54)57/h3-34H,1-2H3. The molecule has 2 nitrogen and oxygen atoms in total. The minimum Gasteiger partial charge on any atom is -0.291 e. The maximum Gasteiger partial charge on any atom is 0.156 e. The molecule has 3 heteroatoms. The summed E-state index contributed by atoms with van der Waals surface area (Å²) in [6.07, 6.45) is 0. The van der Waals surface area contributed by atoms with Crippen LogP contribution in [0.15, 0.2) is 194 Å². The van der Waals surface area contributed by atoms with Gasteiger partial charge in [0, 0.05) is 20.9 Å². The first kappa shape index (κ1) is 34.5. The highest BCUT2D eigenvalue weighted by molar-refractivity contribution is 7.27. The summed E-state index contributed by atoms with van der Waals surface area (Å²) in [4.78, 5) is 5.26. The molecule has 0 atom stereocenters. The van der Waals surface area contributed by atoms with Gasteiger partial charge >= 0.3 is 0 Å². The molecule has 1 aliphatic rings. The van der Waals surface area contributed by atoms with Crippen molar-refractivity contribution in [3.8, 4) is 55.8 Å². The van der Waals surface area contributed by atoms with E-state index >= 15 is 0 Å². The zero-order valence-corrected chi connectivity index (χ0v) is 34.6. The Labute approximate surface area is 357 Å². The molecule has 0 amide bonds. The Hall–Kier alpha value is -7.33. The van der Waals surface area contributed by atoms with Crippen molar-refractivity contribution in [2.75, 3.05) is 0 Å². The SMILES string of the molecule is CC1(C)c2ccccc2-c2cc(-c3ccc(-c4ccc(-c5ccc(-c6cc7c8ccc9ccccc9c8sc7c7nc8ccccc8n67)cc5)c5ccccc45)cc3)ccc21. The molecular formula is C58H38N2S. The van der Waals surface area contributed by atoms with Crippen molar-refractivity contribution in [2.45, 2.75) is 19.3 Å². The van der Waals surface area contributed by atoms with Gasteiger partial charge in [-0.15, -0.1) is 11.3 Å². The largest absolute Gasteiger partial charge is 0.291 e. The third-order valence-corrected chi connectivity index (χ3v) is 14.7. The minimum atomic E-state index is 0.0112. The van der Waals surface area contributed by atoms with Gasteiger partial charge in [-0.2, -0.15) is 0 Å². The van der Waals surface area contributed by atoms with Gasteiger partial charge in [0.25, 0.3) is 0 Å². The number of aromatic nitrogens is 2. The monoisotopic (exact) mass is 794 g/mol. The van der Waals surface area contributed by atoms with Gasteiger partial charge in [-0.25, -0.2) is 4.98 Å². The molecule has 0 spiro atoms. The molecule has 61 heavy (non-hydrogen) atoms. The van der Waals surface area contributed by atoms with Crippen LogP contribution in [0.3, 0.4) is 0 Å². The lowest BCUT2D eigenvalue weighted by Gasteiger charge is -2.21. The summed E-state index contributed by atoms with van der Waals surface area (Å²) in [5, 5.41) is 7.60. The Morgan fingerprint density at radius 2 is 1.02 bits per heavy atom. The molecule has 0 radical (unpaired) electrons. The fourth-order valence-corrected chi connectivity index (χ4v) is 11.6. The van der Waals surface area contributed by atoms with E-state index in [4.69, 9.17) is 4.98 Å². The Morgan fingerprint density at radius 1 is 0.410 bits per heavy atom. The second-order valence-electron chi connectivity index (χ2n) is 17.1. The van der Waals surface area contributed by atoms with Crippen LogP contribution in [-0.4, -0.2) is 9.38 Å². The normalized spacial score (nSPS) is 13.2. The number of rotatable bonds is 4. The predicted octanol–water partition coefficient (Wildman–Crippen LogP) is 16.1. The number of imidazole rings is 1. The molecule has 0 saturated heterocycles. The number of hydrogen-bond acceptors (Lipinski definition) is 2. The van der Waals surface area contributed by atoms with E-state index in [9.17, 15) is 0 Å². The van der Waals surface area contributed by atoms with Crippen LogP contribution in [0.25, 0.3) is 114 Å². The lowest BCUT2D eigenvalue weighted by molar-refractivity contribution is 0.660. The van der Waals surface area contributed by atoms with E-state index < -0.39 is 0 Å². The number of nitrogens with zero attached hydrogens (tertiary/aromatic N) is 2. The van der Waals surface area contributed by atoms with Crippen LogP contribution in [0.2, 0.25) is 0 Å². The Bertz CT molecular complexity index is 3770. The summed E-state index contributed by atoms with van der Waals surface area (Å²) in [6, 6.07) is 71.8. The molecule has 3 aromatic heterocycles. The fraction of sp³-hybridized carbons (Fsp3) is 0.0517. The average Bonchev–Trinajstić information content (AvgIpc) is 3.97. The van der Waals surface area contributed by atoms with Crippen molar-refractivity contribution in [2.24, 2.45) is 0 Å². The van der Waals surface area contributed by atoms with Crippen LogP contribution in [0.4, 0.5) is 0 Å². The van der Waals surface area contributed by atoms with Crippen molar-refractivity contribution in [1.29, 1.82) is 0 Å². The van der Waals surface area contributed by atoms with E-state index in [0.29, 0.717) is 0 Å². The molecule has 0 unspecified atom stereocenters. The average molecular weight is 795 g/mol. The van der Waals surface area contributed by atoms with Gasteiger partial charge in [0.15, 0.2) is 5.65 Å². The van der Waals surface area contributed by atoms with Gasteiger partial charge in [-0.1, -0.05) is 184 Å². The lowest BCUT2D eigenvalue weighted by atomic mass is 9.82. The number of fused-ring (bicyclic) bond motifs is 13. The molecule has 0 saturated carbocycles. The first-order valence-corrected chi connectivity index (χ1v) is 21.9. The smallest absolute Gasteiger partial charge is 0.156 e. The maximum absolute atomic E-state index is 5.26. The first-order valence-electron chi connectivity index (χ1n) is 21.1. The quantitative estimate of drug-likeness (QED) is 0.173. The van der Waals surface area contributed by atoms with Crippen LogP contribution in [0.5, 0.6) is 0 Å². The molecule has 286 valence electrons. The fourth-order valence-electron chi connectivity index (χ4n) is 10.4. The van der Waals surface area contributed by atoms with E-state index in [1.807, 2.05) is 11.3 Å². The highest BCUT2D eigenvalue weighted by Gasteiger charge is 2.35. The van der Waals surface area contributed by atoms with Crippen molar-refractivity contribution in [1.82, 2.24) is 9.38 Å². The summed E-state index contributed by atoms with van der Waals surface area (Å²) >= 11 is 1.86. The Balaban J connectivity index is 0.882. The van der Waals surface area contributed by atoms with Crippen LogP contribution < -0.4 is 0 Å². The van der Waals surface area contributed by atoms with Crippen LogP contribution >= 0.6 is 11.3 Å². The van der Waals surface area contributed by atoms with E-state index in [1.54, 1.807) is 0 Å². The van der Waals surface area contributed by atoms with E-state index in [1.165, 1.54) is 97.4 Å². The van der Waals surface area contributed by atoms with Crippen molar-refractivity contribution < 1.29 is 0 Å². The lowest BCUT2D eigenvalue weighted by Crippen LogP contribution is -2.14. The molecule has 12 aromatic rings. The first-order chi connectivity index (χ1) is 30.0. The Morgan fingerprint density at radius 3 is 1.79 bits per heavy atom. The molecule has 0 N–H and O–H groups in total. The van der Waals surface area contributed by atoms with Crippen LogP contribution in [-0.2, 0) is 5.41 Å². The van der Waals surface area contributed by atoms with Crippen molar-refractivity contribution in [3.63, 3.8) is 0 Å². The molecule has 1 aliphatic carbocycles. The van der Waals surface area contributed by atoms with Crippen molar-refractivity contribution >= 4 is 69.7 Å². The second kappa shape index (κ2) is 12.8. The van der Waals surface area contributed by atoms with Gasteiger partial charge in [0.05, 0.1) is 21.4 Å².